The van der Waals surface area contributed by atoms with Crippen molar-refractivity contribution in [2.75, 3.05) is 44.4 Å². The number of hydrogen-bond acceptors (Lipinski definition) is 5. The Bertz CT molecular complexity index is 1380. The van der Waals surface area contributed by atoms with Crippen LogP contribution in [0.4, 0.5) is 28.9 Å². The van der Waals surface area contributed by atoms with Gasteiger partial charge in [0, 0.05) is 29.7 Å². The molecule has 1 fully saturated rings. The number of nitrogens with two attached hydrogens (primary N) is 1. The molecule has 1 aliphatic heterocycles. The fourth-order valence-electron chi connectivity index (χ4n) is 4.55. The average Bonchev–Trinajstić information content (AvgIpc) is 3.20. The van der Waals surface area contributed by atoms with Crippen LogP contribution >= 0.6 is 13.5 Å². The molecule has 3 aromatic rings. The highest BCUT2D eigenvalue weighted by atomic mass is 32.1. The summed E-state index contributed by atoms with van der Waals surface area (Å²) < 4.78 is 61.4. The number of fused-ring (bicyclic) bond motifs is 1. The number of aromatic nitrogens is 1. The SMILES string of the molecule is COc1cc(C(N)=O)ccc1NCC#Cc1cc2c(N[C@H]3CCN(C)C[C@@H]3F)cccc2n1CC(F)(F)F.S. The van der Waals surface area contributed by atoms with Crippen molar-refractivity contribution in [2.45, 2.75) is 31.4 Å². The summed E-state index contributed by atoms with van der Waals surface area (Å²) in [5, 5.41) is 6.79. The Morgan fingerprint density at radius 2 is 1.97 bits per heavy atom. The number of carbonyl (C=O) groups is 1. The van der Waals surface area contributed by atoms with Crippen LogP contribution in [0, 0.1) is 11.8 Å². The van der Waals surface area contributed by atoms with E-state index in [2.05, 4.69) is 22.5 Å². The number of piperidine rings is 1. The number of benzene rings is 2. The predicted molar refractivity (Wildman–Crippen MR) is 150 cm³/mol. The van der Waals surface area contributed by atoms with Gasteiger partial charge in [-0.1, -0.05) is 12.0 Å². The van der Waals surface area contributed by atoms with E-state index < -0.39 is 30.8 Å². The molecule has 0 bridgehead atoms. The second-order valence-electron chi connectivity index (χ2n) is 9.22. The van der Waals surface area contributed by atoms with E-state index in [4.69, 9.17) is 10.5 Å². The number of primary amides is 1. The Hall–Kier alpha value is -3.56. The van der Waals surface area contributed by atoms with Crippen LogP contribution in [0.5, 0.6) is 5.75 Å². The second kappa shape index (κ2) is 12.5. The van der Waals surface area contributed by atoms with Crippen molar-refractivity contribution in [2.24, 2.45) is 5.73 Å². The number of alkyl halides is 4. The summed E-state index contributed by atoms with van der Waals surface area (Å²) in [6.07, 6.45) is -4.97. The summed E-state index contributed by atoms with van der Waals surface area (Å²) in [6, 6.07) is 10.8. The quantitative estimate of drug-likeness (QED) is 0.293. The van der Waals surface area contributed by atoms with Gasteiger partial charge in [0.2, 0.25) is 5.91 Å². The van der Waals surface area contributed by atoms with E-state index in [0.29, 0.717) is 41.0 Å². The number of carbonyl (C=O) groups excluding carboxylic acids is 1. The molecule has 1 saturated heterocycles. The molecule has 4 rings (SSSR count). The molecule has 7 nitrogen and oxygen atoms in total. The Kier molecular flexibility index (Phi) is 9.63. The summed E-state index contributed by atoms with van der Waals surface area (Å²) in [7, 11) is 3.29. The van der Waals surface area contributed by atoms with Crippen molar-refractivity contribution in [1.29, 1.82) is 0 Å². The zero-order valence-electron chi connectivity index (χ0n) is 21.5. The van der Waals surface area contributed by atoms with Gasteiger partial charge in [-0.3, -0.25) is 4.79 Å². The van der Waals surface area contributed by atoms with Gasteiger partial charge in [-0.15, -0.1) is 0 Å². The highest BCUT2D eigenvalue weighted by molar-refractivity contribution is 7.59. The fourth-order valence-corrected chi connectivity index (χ4v) is 4.55. The molecule has 2 heterocycles. The number of nitrogens with zero attached hydrogens (tertiary/aromatic N) is 2. The largest absolute Gasteiger partial charge is 0.495 e. The molecule has 1 aromatic heterocycles. The van der Waals surface area contributed by atoms with Crippen LogP contribution in [-0.4, -0.2) is 67.6 Å². The van der Waals surface area contributed by atoms with Gasteiger partial charge in [-0.25, -0.2) is 4.39 Å². The monoisotopic (exact) mass is 565 g/mol. The van der Waals surface area contributed by atoms with Gasteiger partial charge < -0.3 is 30.6 Å². The van der Waals surface area contributed by atoms with Gasteiger partial charge in [-0.2, -0.15) is 26.7 Å². The molecule has 39 heavy (non-hydrogen) atoms. The maximum absolute atomic E-state index is 14.6. The number of ether oxygens (including phenoxy) is 1. The van der Waals surface area contributed by atoms with Gasteiger partial charge in [-0.05, 0) is 55.8 Å². The third-order valence-electron chi connectivity index (χ3n) is 6.44. The molecular formula is C27H31F4N5O2S. The number of halogens is 4. The molecular weight excluding hydrogens is 534 g/mol. The highest BCUT2D eigenvalue weighted by Crippen LogP contribution is 2.31. The normalized spacial score (nSPS) is 17.6. The summed E-state index contributed by atoms with van der Waals surface area (Å²) in [6.45, 7) is -0.0881. The summed E-state index contributed by atoms with van der Waals surface area (Å²) in [4.78, 5) is 13.3. The molecule has 210 valence electrons. The van der Waals surface area contributed by atoms with Gasteiger partial charge in [0.05, 0.1) is 36.6 Å². The first-order valence-electron chi connectivity index (χ1n) is 12.0. The van der Waals surface area contributed by atoms with Crippen LogP contribution in [0.3, 0.4) is 0 Å². The predicted octanol–water partition coefficient (Wildman–Crippen LogP) is 4.34. The molecule has 12 heteroatoms. The van der Waals surface area contributed by atoms with Gasteiger partial charge in [0.25, 0.3) is 0 Å². The molecule has 0 unspecified atom stereocenters. The lowest BCUT2D eigenvalue weighted by Gasteiger charge is -2.33. The van der Waals surface area contributed by atoms with Crippen LogP contribution < -0.4 is 21.1 Å². The number of hydrogen-bond donors (Lipinski definition) is 3. The summed E-state index contributed by atoms with van der Waals surface area (Å²) in [5.74, 6) is 5.47. The van der Waals surface area contributed by atoms with E-state index in [-0.39, 0.29) is 31.3 Å². The first kappa shape index (κ1) is 30.0. The molecule has 0 spiro atoms. The maximum atomic E-state index is 14.6. The van der Waals surface area contributed by atoms with E-state index in [1.807, 2.05) is 11.9 Å². The van der Waals surface area contributed by atoms with Crippen molar-refractivity contribution in [3.8, 4) is 17.6 Å². The van der Waals surface area contributed by atoms with Crippen LogP contribution in [0.25, 0.3) is 10.9 Å². The number of amides is 1. The lowest BCUT2D eigenvalue weighted by atomic mass is 10.0. The summed E-state index contributed by atoms with van der Waals surface area (Å²) >= 11 is 0. The average molecular weight is 566 g/mol. The standard InChI is InChI=1S/C27H29F4N5O2.H2S/c1-35-12-10-22(20(28)15-35)34-21-6-3-7-24-19(21)14-18(36(24)16-27(29,30)31)5-4-11-33-23-9-8-17(26(32)37)13-25(23)38-2;/h3,6-9,13-14,20,22,33-34H,10-12,15-16H2,1-2H3,(H2,32,37);1H2/t20-,22-;/m0./s1. The van der Waals surface area contributed by atoms with E-state index in [0.717, 1.165) is 11.1 Å². The lowest BCUT2D eigenvalue weighted by Crippen LogP contribution is -2.46. The van der Waals surface area contributed by atoms with Crippen LogP contribution in [0.1, 0.15) is 22.5 Å². The smallest absolute Gasteiger partial charge is 0.406 e. The van der Waals surface area contributed by atoms with Crippen LogP contribution in [-0.2, 0) is 6.54 Å². The molecule has 2 atom stereocenters. The number of anilines is 2. The lowest BCUT2D eigenvalue weighted by molar-refractivity contribution is -0.140. The van der Waals surface area contributed by atoms with Crippen molar-refractivity contribution < 1.29 is 27.1 Å². The number of methoxy groups -OCH3 is 1. The fraction of sp³-hybridized carbons (Fsp3) is 0.370. The first-order valence-corrected chi connectivity index (χ1v) is 12.0. The summed E-state index contributed by atoms with van der Waals surface area (Å²) in [5.41, 5.74) is 7.23. The third-order valence-corrected chi connectivity index (χ3v) is 6.44. The van der Waals surface area contributed by atoms with E-state index in [9.17, 15) is 22.4 Å². The van der Waals surface area contributed by atoms with Crippen LogP contribution in [0.15, 0.2) is 42.5 Å². The molecule has 0 radical (unpaired) electrons. The maximum Gasteiger partial charge on any atom is 0.406 e. The molecule has 2 aromatic carbocycles. The van der Waals surface area contributed by atoms with Crippen LogP contribution in [0.2, 0.25) is 0 Å². The molecule has 4 N–H and O–H groups in total. The van der Waals surface area contributed by atoms with Crippen molar-refractivity contribution in [3.05, 3.63) is 53.7 Å². The molecule has 0 aliphatic carbocycles. The van der Waals surface area contributed by atoms with Crippen molar-refractivity contribution in [1.82, 2.24) is 9.47 Å². The van der Waals surface area contributed by atoms with Crippen molar-refractivity contribution in [3.63, 3.8) is 0 Å². The zero-order valence-corrected chi connectivity index (χ0v) is 22.5. The highest BCUT2D eigenvalue weighted by Gasteiger charge is 2.31. The molecule has 0 saturated carbocycles. The van der Waals surface area contributed by atoms with Gasteiger partial charge >= 0.3 is 6.18 Å². The van der Waals surface area contributed by atoms with Crippen molar-refractivity contribution >= 4 is 41.7 Å². The first-order chi connectivity index (χ1) is 18.1. The van der Waals surface area contributed by atoms with E-state index in [1.165, 1.54) is 19.2 Å². The minimum atomic E-state index is -4.46. The Labute approximate surface area is 231 Å². The number of nitrogens with one attached hydrogen (secondary N) is 2. The molecule has 1 amide bonds. The minimum absolute atomic E-state index is 0. The topological polar surface area (TPSA) is 84.5 Å². The Balaban J connectivity index is 0.00000420. The number of rotatable bonds is 7. The third kappa shape index (κ3) is 7.30. The Morgan fingerprint density at radius 1 is 1.21 bits per heavy atom. The zero-order chi connectivity index (χ0) is 27.4. The molecule has 1 aliphatic rings. The van der Waals surface area contributed by atoms with Gasteiger partial charge in [0.1, 0.15) is 18.5 Å². The minimum Gasteiger partial charge on any atom is -0.495 e. The van der Waals surface area contributed by atoms with Gasteiger partial charge in [0.15, 0.2) is 0 Å². The number of likely N-dealkylation sites (tertiary alicyclic amines) is 1. The second-order valence-corrected chi connectivity index (χ2v) is 9.22. The van der Waals surface area contributed by atoms with E-state index >= 15 is 0 Å². The van der Waals surface area contributed by atoms with E-state index in [1.54, 1.807) is 30.3 Å². The Morgan fingerprint density at radius 3 is 2.64 bits per heavy atom.